The first-order valence-electron chi connectivity index (χ1n) is 11.0. The summed E-state index contributed by atoms with van der Waals surface area (Å²) in [6, 6.07) is 0. The number of amides is 3. The summed E-state index contributed by atoms with van der Waals surface area (Å²) in [6.07, 6.45) is 2.13. The number of ether oxygens (including phenoxy) is 2. The van der Waals surface area contributed by atoms with Crippen LogP contribution >= 0.6 is 0 Å². The quantitative estimate of drug-likeness (QED) is 0.339. The highest BCUT2D eigenvalue weighted by molar-refractivity contribution is 6.12. The van der Waals surface area contributed by atoms with Gasteiger partial charge in [0.2, 0.25) is 5.91 Å². The Balaban J connectivity index is 2.33. The molecule has 9 heteroatoms. The predicted octanol–water partition coefficient (Wildman–Crippen LogP) is 1.58. The van der Waals surface area contributed by atoms with Crippen LogP contribution in [0, 0.1) is 10.8 Å². The van der Waals surface area contributed by atoms with Gasteiger partial charge in [0.1, 0.15) is 6.61 Å². The van der Waals surface area contributed by atoms with Gasteiger partial charge in [-0.15, -0.1) is 0 Å². The smallest absolute Gasteiger partial charge is 0.305 e. The molecule has 0 radical (unpaired) electrons. The van der Waals surface area contributed by atoms with Crippen molar-refractivity contribution in [1.29, 1.82) is 0 Å². The number of rotatable bonds is 12. The molecule has 1 heterocycles. The van der Waals surface area contributed by atoms with Gasteiger partial charge in [-0.25, -0.2) is 0 Å². The number of nitrogens with one attached hydrogen (secondary N) is 1. The molecule has 32 heavy (non-hydrogen) atoms. The molecule has 9 nitrogen and oxygen atoms in total. The normalized spacial score (nSPS) is 16.3. The molecule has 182 valence electrons. The fourth-order valence-electron chi connectivity index (χ4n) is 2.89. The highest BCUT2D eigenvalue weighted by Gasteiger charge is 2.34. The van der Waals surface area contributed by atoms with Gasteiger partial charge in [0.15, 0.2) is 0 Å². The molecule has 1 aliphatic heterocycles. The maximum atomic E-state index is 12.1. The van der Waals surface area contributed by atoms with Crippen LogP contribution in [0.1, 0.15) is 60.8 Å². The Kier molecular flexibility index (Phi) is 10.5. The Labute approximate surface area is 190 Å². The molecular weight excluding hydrogens is 416 g/mol. The monoisotopic (exact) mass is 454 g/mol. The molecule has 2 unspecified atom stereocenters. The van der Waals surface area contributed by atoms with Crippen LogP contribution in [0.4, 0.5) is 0 Å². The first-order valence-corrected chi connectivity index (χ1v) is 11.0. The first-order chi connectivity index (χ1) is 14.8. The number of aliphatic hydroxyl groups excluding tert-OH is 1. The van der Waals surface area contributed by atoms with E-state index in [-0.39, 0.29) is 55.9 Å². The minimum absolute atomic E-state index is 0.0625. The minimum atomic E-state index is -0.425. The second kappa shape index (κ2) is 12.1. The molecule has 2 N–H and O–H groups in total. The van der Waals surface area contributed by atoms with Gasteiger partial charge in [-0.05, 0) is 17.3 Å². The van der Waals surface area contributed by atoms with Crippen LogP contribution in [0.5, 0.6) is 0 Å². The number of imide groups is 1. The summed E-state index contributed by atoms with van der Waals surface area (Å²) in [5, 5.41) is 12.3. The molecule has 0 aliphatic carbocycles. The molecule has 2 atom stereocenters. The molecule has 1 aliphatic rings. The molecule has 0 saturated heterocycles. The van der Waals surface area contributed by atoms with E-state index in [2.05, 4.69) is 5.32 Å². The summed E-state index contributed by atoms with van der Waals surface area (Å²) in [6.45, 7) is 12.1. The molecule has 3 amide bonds. The fraction of sp³-hybridized carbons (Fsp3) is 0.739. The van der Waals surface area contributed by atoms with Gasteiger partial charge in [0.05, 0.1) is 18.8 Å². The lowest BCUT2D eigenvalue weighted by molar-refractivity contribution is -0.165. The van der Waals surface area contributed by atoms with Crippen molar-refractivity contribution in [2.24, 2.45) is 10.8 Å². The number of carbonyl (C=O) groups excluding carboxylic acids is 4. The number of carbonyl (C=O) groups is 4. The van der Waals surface area contributed by atoms with Gasteiger partial charge in [-0.1, -0.05) is 41.5 Å². The Morgan fingerprint density at radius 1 is 1.00 bits per heavy atom. The fourth-order valence-corrected chi connectivity index (χ4v) is 2.89. The summed E-state index contributed by atoms with van der Waals surface area (Å²) in [5.41, 5.74) is -0.562. The van der Waals surface area contributed by atoms with Crippen LogP contribution in [0.25, 0.3) is 0 Å². The van der Waals surface area contributed by atoms with Crippen molar-refractivity contribution in [2.45, 2.75) is 73.0 Å². The third-order valence-electron chi connectivity index (χ3n) is 5.16. The Morgan fingerprint density at radius 3 is 2.06 bits per heavy atom. The first kappa shape index (κ1) is 27.8. The molecule has 0 fully saturated rings. The van der Waals surface area contributed by atoms with Gasteiger partial charge < -0.3 is 19.9 Å². The van der Waals surface area contributed by atoms with Crippen LogP contribution in [-0.2, 0) is 28.7 Å². The van der Waals surface area contributed by atoms with Crippen LogP contribution in [-0.4, -0.2) is 72.2 Å². The minimum Gasteiger partial charge on any atom is -0.463 e. The van der Waals surface area contributed by atoms with Gasteiger partial charge in [0.25, 0.3) is 11.8 Å². The third-order valence-corrected chi connectivity index (χ3v) is 5.16. The van der Waals surface area contributed by atoms with Gasteiger partial charge in [-0.3, -0.25) is 24.1 Å². The SMILES string of the molecule is CC(C)(C)C(CO)OC(COC(=O)CCCC(=O)NCCN1C(=O)C=CC1=O)C(C)(C)C. The van der Waals surface area contributed by atoms with Gasteiger partial charge in [0, 0.05) is 38.1 Å². The van der Waals surface area contributed by atoms with Crippen molar-refractivity contribution in [3.8, 4) is 0 Å². The molecule has 0 saturated carbocycles. The largest absolute Gasteiger partial charge is 0.463 e. The van der Waals surface area contributed by atoms with Crippen molar-refractivity contribution in [2.75, 3.05) is 26.3 Å². The van der Waals surface area contributed by atoms with Crippen molar-refractivity contribution in [3.05, 3.63) is 12.2 Å². The molecule has 0 spiro atoms. The zero-order valence-electron chi connectivity index (χ0n) is 20.1. The molecule has 1 rings (SSSR count). The van der Waals surface area contributed by atoms with Crippen molar-refractivity contribution < 1.29 is 33.8 Å². The molecule has 0 aromatic carbocycles. The Bertz CT molecular complexity index is 686. The van der Waals surface area contributed by atoms with E-state index in [1.165, 1.54) is 12.2 Å². The van der Waals surface area contributed by atoms with E-state index in [9.17, 15) is 24.3 Å². The predicted molar refractivity (Wildman–Crippen MR) is 118 cm³/mol. The van der Waals surface area contributed by atoms with E-state index in [0.717, 1.165) is 4.90 Å². The number of hydrogen-bond donors (Lipinski definition) is 2. The van der Waals surface area contributed by atoms with Crippen molar-refractivity contribution >= 4 is 23.7 Å². The summed E-state index contributed by atoms with van der Waals surface area (Å²) in [5.74, 6) is -1.47. The van der Waals surface area contributed by atoms with E-state index in [1.807, 2.05) is 41.5 Å². The van der Waals surface area contributed by atoms with E-state index < -0.39 is 30.0 Å². The summed E-state index contributed by atoms with van der Waals surface area (Å²) >= 11 is 0. The standard InChI is InChI=1S/C23H38N2O7/c1-22(2,3)16(14-26)32-17(23(4,5)6)15-31-21(30)9-7-8-18(27)24-12-13-25-19(28)10-11-20(25)29/h10-11,16-17,26H,7-9,12-15H2,1-6H3,(H,24,27). The van der Waals surface area contributed by atoms with E-state index in [1.54, 1.807) is 0 Å². The molecule has 0 aromatic heterocycles. The maximum Gasteiger partial charge on any atom is 0.305 e. The lowest BCUT2D eigenvalue weighted by Crippen LogP contribution is -2.43. The second-order valence-electron chi connectivity index (χ2n) is 10.1. The lowest BCUT2D eigenvalue weighted by atomic mass is 9.86. The average molecular weight is 455 g/mol. The third kappa shape index (κ3) is 9.48. The Hall–Kier alpha value is -2.26. The highest BCUT2D eigenvalue weighted by Crippen LogP contribution is 2.29. The van der Waals surface area contributed by atoms with Crippen LogP contribution < -0.4 is 5.32 Å². The van der Waals surface area contributed by atoms with Gasteiger partial charge >= 0.3 is 5.97 Å². The second-order valence-corrected chi connectivity index (χ2v) is 10.1. The topological polar surface area (TPSA) is 122 Å². The average Bonchev–Trinajstić information content (AvgIpc) is 2.98. The van der Waals surface area contributed by atoms with E-state index in [4.69, 9.17) is 9.47 Å². The molecule has 0 bridgehead atoms. The summed E-state index contributed by atoms with van der Waals surface area (Å²) < 4.78 is 11.5. The van der Waals surface area contributed by atoms with Crippen molar-refractivity contribution in [1.82, 2.24) is 10.2 Å². The number of aliphatic hydroxyl groups is 1. The molecular formula is C23H38N2O7. The van der Waals surface area contributed by atoms with Crippen molar-refractivity contribution in [3.63, 3.8) is 0 Å². The zero-order valence-corrected chi connectivity index (χ0v) is 20.1. The lowest BCUT2D eigenvalue weighted by Gasteiger charge is -2.37. The van der Waals surface area contributed by atoms with Crippen LogP contribution in [0.3, 0.4) is 0 Å². The summed E-state index contributed by atoms with van der Waals surface area (Å²) in [7, 11) is 0. The van der Waals surface area contributed by atoms with Crippen LogP contribution in [0.2, 0.25) is 0 Å². The highest BCUT2D eigenvalue weighted by atomic mass is 16.6. The molecule has 0 aromatic rings. The zero-order chi connectivity index (χ0) is 24.5. The van der Waals surface area contributed by atoms with E-state index >= 15 is 0 Å². The van der Waals surface area contributed by atoms with Crippen LogP contribution in [0.15, 0.2) is 12.2 Å². The summed E-state index contributed by atoms with van der Waals surface area (Å²) in [4.78, 5) is 47.9. The van der Waals surface area contributed by atoms with Gasteiger partial charge in [-0.2, -0.15) is 0 Å². The number of esters is 1. The Morgan fingerprint density at radius 2 is 1.56 bits per heavy atom. The number of hydrogen-bond acceptors (Lipinski definition) is 7. The number of nitrogens with zero attached hydrogens (tertiary/aromatic N) is 1. The van der Waals surface area contributed by atoms with E-state index in [0.29, 0.717) is 6.42 Å². The maximum absolute atomic E-state index is 12.1.